The molecule has 0 bridgehead atoms. The standard InChI is InChI=1S/C19H18N2O5/c1-12(22)26-16-9-5-14(6-10-16)21-18(23)11-17(19(21)24)20-13-3-7-15(25-2)8-4-13/h3-10,17,20H,11H2,1-2H3/t17-/m0/s1. The maximum atomic E-state index is 12.6. The lowest BCUT2D eigenvalue weighted by Gasteiger charge is -2.16. The van der Waals surface area contributed by atoms with Gasteiger partial charge in [-0.1, -0.05) is 0 Å². The van der Waals surface area contributed by atoms with E-state index in [1.54, 1.807) is 55.6 Å². The minimum atomic E-state index is -0.635. The number of amides is 2. The summed E-state index contributed by atoms with van der Waals surface area (Å²) >= 11 is 0. The van der Waals surface area contributed by atoms with E-state index >= 15 is 0 Å². The van der Waals surface area contributed by atoms with Crippen LogP contribution in [-0.2, 0) is 14.4 Å². The van der Waals surface area contributed by atoms with Gasteiger partial charge in [0.05, 0.1) is 19.2 Å². The largest absolute Gasteiger partial charge is 0.497 e. The highest BCUT2D eigenvalue weighted by atomic mass is 16.5. The molecule has 26 heavy (non-hydrogen) atoms. The lowest BCUT2D eigenvalue weighted by molar-refractivity contribution is -0.132. The molecule has 134 valence electrons. The Morgan fingerprint density at radius 3 is 2.23 bits per heavy atom. The Labute approximate surface area is 150 Å². The predicted molar refractivity (Wildman–Crippen MR) is 95.3 cm³/mol. The maximum absolute atomic E-state index is 12.6. The van der Waals surface area contributed by atoms with E-state index in [4.69, 9.17) is 9.47 Å². The number of anilines is 2. The molecule has 1 atom stereocenters. The van der Waals surface area contributed by atoms with E-state index in [0.717, 1.165) is 10.6 Å². The van der Waals surface area contributed by atoms with Crippen molar-refractivity contribution in [3.63, 3.8) is 0 Å². The molecular weight excluding hydrogens is 336 g/mol. The number of ether oxygens (including phenoxy) is 2. The summed E-state index contributed by atoms with van der Waals surface area (Å²) in [6.45, 7) is 1.30. The van der Waals surface area contributed by atoms with Gasteiger partial charge in [0.2, 0.25) is 5.91 Å². The van der Waals surface area contributed by atoms with E-state index in [1.165, 1.54) is 6.92 Å². The molecule has 0 aliphatic carbocycles. The lowest BCUT2D eigenvalue weighted by Crippen LogP contribution is -2.34. The van der Waals surface area contributed by atoms with E-state index in [-0.39, 0.29) is 18.2 Å². The summed E-state index contributed by atoms with van der Waals surface area (Å²) in [5.74, 6) is 0.00857. The van der Waals surface area contributed by atoms with Crippen LogP contribution in [0.25, 0.3) is 0 Å². The Kier molecular flexibility index (Phi) is 4.88. The number of rotatable bonds is 5. The van der Waals surface area contributed by atoms with Gasteiger partial charge in [-0.15, -0.1) is 0 Å². The van der Waals surface area contributed by atoms with Crippen molar-refractivity contribution in [2.45, 2.75) is 19.4 Å². The Balaban J connectivity index is 1.72. The summed E-state index contributed by atoms with van der Waals surface area (Å²) in [5.41, 5.74) is 1.17. The number of nitrogens with one attached hydrogen (secondary N) is 1. The number of hydrogen-bond donors (Lipinski definition) is 1. The van der Waals surface area contributed by atoms with Crippen molar-refractivity contribution in [3.8, 4) is 11.5 Å². The lowest BCUT2D eigenvalue weighted by atomic mass is 10.2. The summed E-state index contributed by atoms with van der Waals surface area (Å²) in [7, 11) is 1.58. The van der Waals surface area contributed by atoms with Crippen LogP contribution in [0.1, 0.15) is 13.3 Å². The van der Waals surface area contributed by atoms with E-state index in [9.17, 15) is 14.4 Å². The third-order valence-corrected chi connectivity index (χ3v) is 3.93. The fourth-order valence-corrected chi connectivity index (χ4v) is 2.73. The van der Waals surface area contributed by atoms with Crippen LogP contribution in [0.5, 0.6) is 11.5 Å². The third-order valence-electron chi connectivity index (χ3n) is 3.93. The summed E-state index contributed by atoms with van der Waals surface area (Å²) in [5, 5.41) is 3.07. The Bertz CT molecular complexity index is 830. The second-order valence-electron chi connectivity index (χ2n) is 5.78. The zero-order valence-electron chi connectivity index (χ0n) is 14.4. The van der Waals surface area contributed by atoms with Gasteiger partial charge >= 0.3 is 5.97 Å². The van der Waals surface area contributed by atoms with Gasteiger partial charge in [0.1, 0.15) is 17.5 Å². The SMILES string of the molecule is COc1ccc(N[C@H]2CC(=O)N(c3ccc(OC(C)=O)cc3)C2=O)cc1. The van der Waals surface area contributed by atoms with Gasteiger partial charge in [0.15, 0.2) is 0 Å². The second-order valence-corrected chi connectivity index (χ2v) is 5.78. The number of nitrogens with zero attached hydrogens (tertiary/aromatic N) is 1. The number of methoxy groups -OCH3 is 1. The predicted octanol–water partition coefficient (Wildman–Crippen LogP) is 2.36. The van der Waals surface area contributed by atoms with Gasteiger partial charge in [-0.2, -0.15) is 0 Å². The van der Waals surface area contributed by atoms with Crippen molar-refractivity contribution in [1.29, 1.82) is 0 Å². The van der Waals surface area contributed by atoms with Gasteiger partial charge in [-0.3, -0.25) is 14.4 Å². The second kappa shape index (κ2) is 7.26. The number of esters is 1. The molecule has 1 aliphatic heterocycles. The molecule has 1 aliphatic rings. The van der Waals surface area contributed by atoms with E-state index in [2.05, 4.69) is 5.32 Å². The zero-order valence-corrected chi connectivity index (χ0v) is 14.4. The van der Waals surface area contributed by atoms with E-state index in [1.807, 2.05) is 0 Å². The van der Waals surface area contributed by atoms with Crippen molar-refractivity contribution in [3.05, 3.63) is 48.5 Å². The topological polar surface area (TPSA) is 84.9 Å². The quantitative estimate of drug-likeness (QED) is 0.504. The van der Waals surface area contributed by atoms with Crippen molar-refractivity contribution in [2.24, 2.45) is 0 Å². The first-order valence-corrected chi connectivity index (χ1v) is 8.04. The van der Waals surface area contributed by atoms with Gasteiger partial charge in [0, 0.05) is 12.6 Å². The molecule has 2 aromatic rings. The van der Waals surface area contributed by atoms with Crippen LogP contribution in [0, 0.1) is 0 Å². The highest BCUT2D eigenvalue weighted by Crippen LogP contribution is 2.27. The van der Waals surface area contributed by atoms with Crippen LogP contribution in [0.3, 0.4) is 0 Å². The molecule has 0 aromatic heterocycles. The minimum absolute atomic E-state index is 0.0660. The first-order chi connectivity index (χ1) is 12.5. The van der Waals surface area contributed by atoms with Crippen LogP contribution < -0.4 is 19.7 Å². The zero-order chi connectivity index (χ0) is 18.7. The van der Waals surface area contributed by atoms with Crippen LogP contribution in [0.4, 0.5) is 11.4 Å². The molecule has 3 rings (SSSR count). The molecule has 2 amide bonds. The van der Waals surface area contributed by atoms with Crippen molar-refractivity contribution >= 4 is 29.2 Å². The molecule has 7 heteroatoms. The first kappa shape index (κ1) is 17.5. The number of carbonyl (C=O) groups is 3. The third kappa shape index (κ3) is 3.66. The van der Waals surface area contributed by atoms with Gasteiger partial charge < -0.3 is 14.8 Å². The van der Waals surface area contributed by atoms with Crippen LogP contribution in [0.15, 0.2) is 48.5 Å². The molecule has 7 nitrogen and oxygen atoms in total. The molecule has 2 aromatic carbocycles. The fraction of sp³-hybridized carbons (Fsp3) is 0.211. The highest BCUT2D eigenvalue weighted by molar-refractivity contribution is 6.23. The number of imide groups is 1. The molecule has 0 saturated carbocycles. The summed E-state index contributed by atoms with van der Waals surface area (Å²) in [4.78, 5) is 37.0. The Morgan fingerprint density at radius 1 is 1.04 bits per heavy atom. The van der Waals surface area contributed by atoms with E-state index < -0.39 is 12.0 Å². The number of benzene rings is 2. The molecule has 1 saturated heterocycles. The molecule has 1 fully saturated rings. The molecule has 1 N–H and O–H groups in total. The average Bonchev–Trinajstić information content (AvgIpc) is 2.89. The number of carbonyl (C=O) groups excluding carboxylic acids is 3. The van der Waals surface area contributed by atoms with Crippen LogP contribution in [-0.4, -0.2) is 30.9 Å². The molecule has 0 radical (unpaired) electrons. The van der Waals surface area contributed by atoms with Gasteiger partial charge in [-0.05, 0) is 48.5 Å². The van der Waals surface area contributed by atoms with Crippen LogP contribution in [0.2, 0.25) is 0 Å². The normalized spacial score (nSPS) is 16.5. The monoisotopic (exact) mass is 354 g/mol. The fourth-order valence-electron chi connectivity index (χ4n) is 2.73. The first-order valence-electron chi connectivity index (χ1n) is 8.04. The molecule has 0 spiro atoms. The number of hydrogen-bond acceptors (Lipinski definition) is 6. The maximum Gasteiger partial charge on any atom is 0.308 e. The minimum Gasteiger partial charge on any atom is -0.497 e. The summed E-state index contributed by atoms with van der Waals surface area (Å²) < 4.78 is 10.1. The Hall–Kier alpha value is -3.35. The summed E-state index contributed by atoms with van der Waals surface area (Å²) in [6.07, 6.45) is 0.0660. The average molecular weight is 354 g/mol. The Morgan fingerprint density at radius 2 is 1.65 bits per heavy atom. The van der Waals surface area contributed by atoms with Gasteiger partial charge in [0.25, 0.3) is 5.91 Å². The highest BCUT2D eigenvalue weighted by Gasteiger charge is 2.39. The van der Waals surface area contributed by atoms with Gasteiger partial charge in [-0.25, -0.2) is 4.90 Å². The molecule has 1 heterocycles. The molecular formula is C19H18N2O5. The van der Waals surface area contributed by atoms with Crippen molar-refractivity contribution < 1.29 is 23.9 Å². The van der Waals surface area contributed by atoms with Crippen LogP contribution >= 0.6 is 0 Å². The summed E-state index contributed by atoms with van der Waals surface area (Å²) in [6, 6.07) is 12.7. The smallest absolute Gasteiger partial charge is 0.308 e. The molecule has 0 unspecified atom stereocenters. The van der Waals surface area contributed by atoms with E-state index in [0.29, 0.717) is 17.2 Å². The van der Waals surface area contributed by atoms with Crippen molar-refractivity contribution in [2.75, 3.05) is 17.3 Å². The van der Waals surface area contributed by atoms with Crippen molar-refractivity contribution in [1.82, 2.24) is 0 Å².